The van der Waals surface area contributed by atoms with Crippen LogP contribution in [0.15, 0.2) is 23.2 Å². The molecule has 0 saturated carbocycles. The lowest BCUT2D eigenvalue weighted by atomic mass is 10.0. The Hall–Kier alpha value is -1.000. The first kappa shape index (κ1) is 25.0. The molecule has 0 aliphatic carbocycles. The van der Waals surface area contributed by atoms with E-state index in [1.165, 1.54) is 18.2 Å². The van der Waals surface area contributed by atoms with Crippen LogP contribution in [-0.2, 0) is 4.74 Å². The minimum Gasteiger partial charge on any atom is -0.382 e. The first-order chi connectivity index (χ1) is 12.0. The Kier molecular flexibility index (Phi) is 13.6. The van der Waals surface area contributed by atoms with E-state index in [1.807, 2.05) is 6.92 Å². The van der Waals surface area contributed by atoms with E-state index in [2.05, 4.69) is 15.6 Å². The Bertz CT molecular complexity index is 524. The summed E-state index contributed by atoms with van der Waals surface area (Å²) in [5.74, 6) is -0.473. The first-order valence-electron chi connectivity index (χ1n) is 8.63. The molecule has 0 heterocycles. The lowest BCUT2D eigenvalue weighted by Gasteiger charge is -2.26. The van der Waals surface area contributed by atoms with Crippen LogP contribution in [0.1, 0.15) is 31.4 Å². The summed E-state index contributed by atoms with van der Waals surface area (Å²) in [7, 11) is 5.26. The van der Waals surface area contributed by atoms with E-state index >= 15 is 0 Å². The van der Waals surface area contributed by atoms with E-state index in [1.54, 1.807) is 26.0 Å². The maximum atomic E-state index is 14.1. The van der Waals surface area contributed by atoms with Crippen LogP contribution in [0.2, 0.25) is 0 Å². The second-order valence-corrected chi connectivity index (χ2v) is 5.90. The lowest BCUT2D eigenvalue weighted by molar-refractivity contribution is 0.143. The van der Waals surface area contributed by atoms with E-state index in [-0.39, 0.29) is 29.5 Å². The Balaban J connectivity index is 0.00000625. The summed E-state index contributed by atoms with van der Waals surface area (Å²) in [5, 5.41) is 6.34. The van der Waals surface area contributed by atoms with E-state index < -0.39 is 17.7 Å². The van der Waals surface area contributed by atoms with E-state index in [4.69, 9.17) is 4.74 Å². The molecular weight excluding hydrogens is 453 g/mol. The minimum absolute atomic E-state index is 0. The number of hydrogen-bond acceptors (Lipinski definition) is 3. The van der Waals surface area contributed by atoms with Gasteiger partial charge in [0.1, 0.15) is 11.6 Å². The van der Waals surface area contributed by atoms with Gasteiger partial charge in [0.05, 0.1) is 6.04 Å². The van der Waals surface area contributed by atoms with Crippen molar-refractivity contribution in [1.29, 1.82) is 0 Å². The molecule has 5 nitrogen and oxygen atoms in total. The zero-order chi connectivity index (χ0) is 18.7. The SMILES string of the molecule is CCOCCCCNC(=NC)NCC(c1c(F)cccc1F)N(C)C.I. The van der Waals surface area contributed by atoms with Crippen LogP contribution in [0.3, 0.4) is 0 Å². The van der Waals surface area contributed by atoms with Crippen molar-refractivity contribution in [3.05, 3.63) is 35.4 Å². The largest absolute Gasteiger partial charge is 0.382 e. The van der Waals surface area contributed by atoms with Crippen molar-refractivity contribution in [3.63, 3.8) is 0 Å². The van der Waals surface area contributed by atoms with Gasteiger partial charge in [-0.1, -0.05) is 6.07 Å². The van der Waals surface area contributed by atoms with Gasteiger partial charge in [-0.15, -0.1) is 24.0 Å². The predicted octanol–water partition coefficient (Wildman–Crippen LogP) is 3.17. The molecule has 150 valence electrons. The average Bonchev–Trinajstić information content (AvgIpc) is 2.58. The molecule has 1 aromatic rings. The molecule has 0 amide bonds. The second kappa shape index (κ2) is 14.1. The molecule has 0 aliphatic rings. The predicted molar refractivity (Wildman–Crippen MR) is 113 cm³/mol. The van der Waals surface area contributed by atoms with Crippen LogP contribution < -0.4 is 10.6 Å². The number of nitrogens with zero attached hydrogens (tertiary/aromatic N) is 2. The fourth-order valence-corrected chi connectivity index (χ4v) is 2.47. The number of unbranched alkanes of at least 4 members (excludes halogenated alkanes) is 1. The van der Waals surface area contributed by atoms with Gasteiger partial charge in [-0.2, -0.15) is 0 Å². The number of hydrogen-bond donors (Lipinski definition) is 2. The van der Waals surface area contributed by atoms with Gasteiger partial charge < -0.3 is 20.3 Å². The molecule has 0 fully saturated rings. The second-order valence-electron chi connectivity index (χ2n) is 5.90. The molecule has 0 radical (unpaired) electrons. The number of halogens is 3. The highest BCUT2D eigenvalue weighted by molar-refractivity contribution is 14.0. The van der Waals surface area contributed by atoms with E-state index in [0.29, 0.717) is 12.5 Å². The van der Waals surface area contributed by atoms with Gasteiger partial charge >= 0.3 is 0 Å². The third-order valence-electron chi connectivity index (χ3n) is 3.85. The normalized spacial score (nSPS) is 12.7. The number of rotatable bonds is 10. The molecular formula is C18H31F2IN4O. The molecule has 2 N–H and O–H groups in total. The van der Waals surface area contributed by atoms with Crippen LogP contribution in [0.25, 0.3) is 0 Å². The molecule has 8 heteroatoms. The molecule has 0 aliphatic heterocycles. The molecule has 1 rings (SSSR count). The molecule has 1 unspecified atom stereocenters. The summed E-state index contributed by atoms with van der Waals surface area (Å²) in [6.07, 6.45) is 1.93. The number of likely N-dealkylation sites (N-methyl/N-ethyl adjacent to an activating group) is 1. The topological polar surface area (TPSA) is 48.9 Å². The van der Waals surface area contributed by atoms with E-state index in [0.717, 1.165) is 32.6 Å². The number of nitrogens with one attached hydrogen (secondary N) is 2. The summed E-state index contributed by atoms with van der Waals surface area (Å²) in [6.45, 7) is 4.55. The molecule has 0 spiro atoms. The number of benzene rings is 1. The van der Waals surface area contributed by atoms with Crippen molar-refractivity contribution < 1.29 is 13.5 Å². The van der Waals surface area contributed by atoms with Gasteiger partial charge in [0.2, 0.25) is 0 Å². The average molecular weight is 484 g/mol. The Morgan fingerprint density at radius 1 is 1.19 bits per heavy atom. The van der Waals surface area contributed by atoms with Crippen molar-refractivity contribution in [2.45, 2.75) is 25.8 Å². The first-order valence-corrected chi connectivity index (χ1v) is 8.63. The molecule has 0 bridgehead atoms. The fraction of sp³-hybridized carbons (Fsp3) is 0.611. The Labute approximate surface area is 172 Å². The van der Waals surface area contributed by atoms with Crippen molar-refractivity contribution in [2.75, 3.05) is 47.4 Å². The maximum absolute atomic E-state index is 14.1. The maximum Gasteiger partial charge on any atom is 0.191 e. The Morgan fingerprint density at radius 2 is 1.85 bits per heavy atom. The van der Waals surface area contributed by atoms with Crippen LogP contribution in [0.4, 0.5) is 8.78 Å². The number of guanidine groups is 1. The summed E-state index contributed by atoms with van der Waals surface area (Å²) >= 11 is 0. The van der Waals surface area contributed by atoms with Crippen molar-refractivity contribution in [2.24, 2.45) is 4.99 Å². The minimum atomic E-state index is -0.542. The van der Waals surface area contributed by atoms with E-state index in [9.17, 15) is 8.78 Å². The van der Waals surface area contributed by atoms with Gasteiger partial charge in [-0.25, -0.2) is 8.78 Å². The summed E-state index contributed by atoms with van der Waals surface area (Å²) in [6, 6.07) is 3.48. The van der Waals surface area contributed by atoms with Crippen LogP contribution in [0.5, 0.6) is 0 Å². The third kappa shape index (κ3) is 8.59. The number of ether oxygens (including phenoxy) is 1. The summed E-state index contributed by atoms with van der Waals surface area (Å²) in [5.41, 5.74) is 0.0622. The smallest absolute Gasteiger partial charge is 0.191 e. The van der Waals surface area contributed by atoms with Crippen LogP contribution >= 0.6 is 24.0 Å². The standard InChI is InChI=1S/C18H30F2N4O.HI/c1-5-25-12-7-6-11-22-18(21-2)23-13-16(24(3)4)17-14(19)9-8-10-15(17)20;/h8-10,16H,5-7,11-13H2,1-4H3,(H2,21,22,23);1H. The highest BCUT2D eigenvalue weighted by Gasteiger charge is 2.22. The third-order valence-corrected chi connectivity index (χ3v) is 3.85. The quantitative estimate of drug-likeness (QED) is 0.232. The summed E-state index contributed by atoms with van der Waals surface area (Å²) in [4.78, 5) is 5.93. The van der Waals surface area contributed by atoms with Gasteiger partial charge in [0.15, 0.2) is 5.96 Å². The molecule has 26 heavy (non-hydrogen) atoms. The van der Waals surface area contributed by atoms with Gasteiger partial charge in [0, 0.05) is 38.9 Å². The van der Waals surface area contributed by atoms with Gasteiger partial charge in [0.25, 0.3) is 0 Å². The van der Waals surface area contributed by atoms with Gasteiger partial charge in [-0.05, 0) is 46.0 Å². The fourth-order valence-electron chi connectivity index (χ4n) is 2.47. The van der Waals surface area contributed by atoms with Crippen molar-refractivity contribution in [1.82, 2.24) is 15.5 Å². The zero-order valence-electron chi connectivity index (χ0n) is 16.0. The number of aliphatic imine (C=N–C) groups is 1. The molecule has 0 saturated heterocycles. The van der Waals surface area contributed by atoms with Crippen LogP contribution in [-0.4, -0.2) is 58.3 Å². The molecule has 1 aromatic carbocycles. The lowest BCUT2D eigenvalue weighted by Crippen LogP contribution is -2.42. The highest BCUT2D eigenvalue weighted by atomic mass is 127. The Morgan fingerprint density at radius 3 is 2.38 bits per heavy atom. The van der Waals surface area contributed by atoms with Crippen LogP contribution in [0, 0.1) is 11.6 Å². The zero-order valence-corrected chi connectivity index (χ0v) is 18.3. The highest BCUT2D eigenvalue weighted by Crippen LogP contribution is 2.23. The summed E-state index contributed by atoms with van der Waals surface area (Å²) < 4.78 is 33.4. The van der Waals surface area contributed by atoms with Crippen molar-refractivity contribution in [3.8, 4) is 0 Å². The van der Waals surface area contributed by atoms with Crippen molar-refractivity contribution >= 4 is 29.9 Å². The molecule has 1 atom stereocenters. The molecule has 0 aromatic heterocycles. The van der Waals surface area contributed by atoms with Gasteiger partial charge in [-0.3, -0.25) is 4.99 Å². The monoisotopic (exact) mass is 484 g/mol.